The van der Waals surface area contributed by atoms with Crippen molar-refractivity contribution >= 4 is 28.8 Å². The Morgan fingerprint density at radius 2 is 1.93 bits per heavy atom. The SMILES string of the molecule is Cc1nc(N)c(C[n+]2c(C(O)c3ccc(Cl)cc3)sc(CCO)c2C)c[n+]1C. The lowest BCUT2D eigenvalue weighted by Gasteiger charge is -2.08. The Balaban J connectivity index is 2.06. The lowest BCUT2D eigenvalue weighted by Crippen LogP contribution is -2.43. The molecule has 0 saturated carbocycles. The molecule has 0 radical (unpaired) electrons. The summed E-state index contributed by atoms with van der Waals surface area (Å²) in [4.78, 5) is 5.43. The zero-order valence-electron chi connectivity index (χ0n) is 16.2. The zero-order valence-corrected chi connectivity index (χ0v) is 17.8. The number of thiazole rings is 1. The molecule has 0 aliphatic heterocycles. The van der Waals surface area contributed by atoms with Crippen molar-refractivity contribution < 1.29 is 19.3 Å². The van der Waals surface area contributed by atoms with Crippen LogP contribution in [0.25, 0.3) is 0 Å². The van der Waals surface area contributed by atoms with E-state index in [4.69, 9.17) is 17.3 Å². The first-order valence-electron chi connectivity index (χ1n) is 8.99. The van der Waals surface area contributed by atoms with Crippen LogP contribution in [0.1, 0.15) is 38.6 Å². The maximum absolute atomic E-state index is 11.0. The van der Waals surface area contributed by atoms with Crippen LogP contribution in [0.2, 0.25) is 5.02 Å². The van der Waals surface area contributed by atoms with Gasteiger partial charge >= 0.3 is 0 Å². The van der Waals surface area contributed by atoms with Crippen LogP contribution in [0, 0.1) is 13.8 Å². The van der Waals surface area contributed by atoms with E-state index in [0.717, 1.165) is 32.5 Å². The van der Waals surface area contributed by atoms with E-state index >= 15 is 0 Å². The Bertz CT molecular complexity index is 989. The second-order valence-corrected chi connectivity index (χ2v) is 8.32. The highest BCUT2D eigenvalue weighted by Gasteiger charge is 2.31. The van der Waals surface area contributed by atoms with Crippen molar-refractivity contribution in [1.82, 2.24) is 4.98 Å². The number of halogens is 1. The quantitative estimate of drug-likeness (QED) is 0.530. The number of aliphatic hydroxyl groups is 2. The summed E-state index contributed by atoms with van der Waals surface area (Å²) in [7, 11) is 1.93. The van der Waals surface area contributed by atoms with Crippen LogP contribution in [0.5, 0.6) is 0 Å². The fraction of sp³-hybridized carbons (Fsp3) is 0.350. The van der Waals surface area contributed by atoms with Gasteiger partial charge in [0.15, 0.2) is 18.3 Å². The summed E-state index contributed by atoms with van der Waals surface area (Å²) in [5.74, 6) is 1.31. The number of hydrogen-bond donors (Lipinski definition) is 3. The second-order valence-electron chi connectivity index (χ2n) is 6.77. The highest BCUT2D eigenvalue weighted by Crippen LogP contribution is 2.28. The van der Waals surface area contributed by atoms with Crippen molar-refractivity contribution in [1.29, 1.82) is 0 Å². The van der Waals surface area contributed by atoms with E-state index in [9.17, 15) is 10.2 Å². The molecule has 0 spiro atoms. The number of nitrogens with zero attached hydrogens (tertiary/aromatic N) is 3. The molecule has 3 rings (SSSR count). The normalized spacial score (nSPS) is 12.4. The third-order valence-corrected chi connectivity index (χ3v) is 6.51. The van der Waals surface area contributed by atoms with Crippen LogP contribution in [-0.2, 0) is 20.0 Å². The highest BCUT2D eigenvalue weighted by molar-refractivity contribution is 7.11. The number of benzene rings is 1. The first kappa shape index (κ1) is 20.7. The van der Waals surface area contributed by atoms with Gasteiger partial charge in [0.1, 0.15) is 11.8 Å². The molecule has 6 nitrogen and oxygen atoms in total. The molecule has 0 amide bonds. The number of aliphatic hydroxyl groups excluding tert-OH is 2. The predicted octanol–water partition coefficient (Wildman–Crippen LogP) is 1.77. The number of nitrogen functional groups attached to an aromatic ring is 1. The van der Waals surface area contributed by atoms with Gasteiger partial charge < -0.3 is 15.9 Å². The first-order valence-corrected chi connectivity index (χ1v) is 10.2. The van der Waals surface area contributed by atoms with Crippen molar-refractivity contribution in [2.45, 2.75) is 32.9 Å². The number of hydrogen-bond acceptors (Lipinski definition) is 5. The predicted molar refractivity (Wildman–Crippen MR) is 109 cm³/mol. The summed E-state index contributed by atoms with van der Waals surface area (Å²) in [5.41, 5.74) is 8.79. The minimum absolute atomic E-state index is 0.0566. The molecule has 1 unspecified atom stereocenters. The summed E-state index contributed by atoms with van der Waals surface area (Å²) in [6.45, 7) is 4.44. The van der Waals surface area contributed by atoms with E-state index in [2.05, 4.69) is 9.55 Å². The van der Waals surface area contributed by atoms with Gasteiger partial charge in [-0.25, -0.2) is 4.57 Å². The Kier molecular flexibility index (Phi) is 6.30. The molecular formula is C20H25ClN4O2S+2. The topological polar surface area (TPSA) is 87.1 Å². The van der Waals surface area contributed by atoms with Gasteiger partial charge in [-0.1, -0.05) is 35.1 Å². The van der Waals surface area contributed by atoms with E-state index in [1.54, 1.807) is 12.1 Å². The smallest absolute Gasteiger partial charge is 0.297 e. The number of aromatic nitrogens is 3. The summed E-state index contributed by atoms with van der Waals surface area (Å²) in [6.07, 6.45) is 1.70. The van der Waals surface area contributed by atoms with Gasteiger partial charge in [0, 0.05) is 31.9 Å². The van der Waals surface area contributed by atoms with Gasteiger partial charge in [0.05, 0.1) is 11.9 Å². The summed E-state index contributed by atoms with van der Waals surface area (Å²) in [5, 5.41) is 21.9. The first-order chi connectivity index (χ1) is 13.3. The van der Waals surface area contributed by atoms with Gasteiger partial charge in [-0.3, -0.25) is 0 Å². The van der Waals surface area contributed by atoms with E-state index in [1.807, 2.05) is 43.8 Å². The van der Waals surface area contributed by atoms with Gasteiger partial charge in [-0.2, -0.15) is 4.57 Å². The second kappa shape index (κ2) is 8.53. The highest BCUT2D eigenvalue weighted by atomic mass is 35.5. The van der Waals surface area contributed by atoms with Gasteiger partial charge in [-0.15, -0.1) is 0 Å². The minimum Gasteiger partial charge on any atom is -0.396 e. The standard InChI is InChI=1S/C20H24ClN4O2S/c1-12-17(8-9-26)28-20(18(27)14-4-6-16(21)7-5-14)25(12)11-15-10-24(3)13(2)23-19(15)22/h4-7,10,18,22,26-27H,8-9,11H2,1-3H3/q+1/p+1. The number of aryl methyl sites for hydroxylation is 2. The van der Waals surface area contributed by atoms with Crippen LogP contribution >= 0.6 is 22.9 Å². The molecule has 28 heavy (non-hydrogen) atoms. The summed E-state index contributed by atoms with van der Waals surface area (Å²) < 4.78 is 3.98. The molecule has 0 aliphatic rings. The number of rotatable bonds is 6. The molecule has 1 aromatic carbocycles. The van der Waals surface area contributed by atoms with Gasteiger partial charge in [-0.05, 0) is 22.7 Å². The fourth-order valence-corrected chi connectivity index (χ4v) is 4.49. The van der Waals surface area contributed by atoms with Crippen molar-refractivity contribution in [2.75, 3.05) is 12.3 Å². The summed E-state index contributed by atoms with van der Waals surface area (Å²) >= 11 is 7.48. The molecule has 148 valence electrons. The number of nitrogens with two attached hydrogens (primary N) is 1. The molecule has 8 heteroatoms. The monoisotopic (exact) mass is 420 g/mol. The third kappa shape index (κ3) is 4.17. The Labute approximate surface area is 173 Å². The average Bonchev–Trinajstić information content (AvgIpc) is 2.96. The Hall–Kier alpha value is -2.06. The maximum atomic E-state index is 11.0. The van der Waals surface area contributed by atoms with E-state index in [-0.39, 0.29) is 6.61 Å². The van der Waals surface area contributed by atoms with E-state index in [1.165, 1.54) is 11.3 Å². The minimum atomic E-state index is -0.804. The average molecular weight is 421 g/mol. The molecule has 4 N–H and O–H groups in total. The van der Waals surface area contributed by atoms with Crippen molar-refractivity contribution in [2.24, 2.45) is 7.05 Å². The van der Waals surface area contributed by atoms with Crippen LogP contribution < -0.4 is 14.9 Å². The molecule has 2 aromatic heterocycles. The Morgan fingerprint density at radius 1 is 1.25 bits per heavy atom. The van der Waals surface area contributed by atoms with Gasteiger partial charge in [0.25, 0.3) is 16.6 Å². The molecule has 1 atom stereocenters. The molecular weight excluding hydrogens is 396 g/mol. The zero-order chi connectivity index (χ0) is 20.4. The molecule has 3 aromatic rings. The summed E-state index contributed by atoms with van der Waals surface area (Å²) in [6, 6.07) is 7.17. The van der Waals surface area contributed by atoms with E-state index < -0.39 is 6.10 Å². The van der Waals surface area contributed by atoms with Crippen molar-refractivity contribution in [3.8, 4) is 0 Å². The number of anilines is 1. The maximum Gasteiger partial charge on any atom is 0.297 e. The van der Waals surface area contributed by atoms with Crippen LogP contribution in [0.15, 0.2) is 30.5 Å². The van der Waals surface area contributed by atoms with Crippen LogP contribution in [0.4, 0.5) is 5.82 Å². The lowest BCUT2D eigenvalue weighted by atomic mass is 10.1. The van der Waals surface area contributed by atoms with Gasteiger partial charge in [0.2, 0.25) is 0 Å². The fourth-order valence-electron chi connectivity index (χ4n) is 3.10. The molecule has 0 bridgehead atoms. The van der Waals surface area contributed by atoms with Crippen molar-refractivity contribution in [3.05, 3.63) is 68.0 Å². The van der Waals surface area contributed by atoms with Crippen molar-refractivity contribution in [3.63, 3.8) is 0 Å². The molecule has 0 fully saturated rings. The molecule has 2 heterocycles. The Morgan fingerprint density at radius 3 is 2.57 bits per heavy atom. The lowest BCUT2D eigenvalue weighted by molar-refractivity contribution is -0.705. The van der Waals surface area contributed by atoms with E-state index in [0.29, 0.717) is 23.8 Å². The molecule has 0 aliphatic carbocycles. The van der Waals surface area contributed by atoms with Crippen LogP contribution in [0.3, 0.4) is 0 Å². The molecule has 0 saturated heterocycles. The third-order valence-electron chi connectivity index (χ3n) is 4.86. The van der Waals surface area contributed by atoms with Crippen LogP contribution in [-0.4, -0.2) is 21.8 Å². The largest absolute Gasteiger partial charge is 0.396 e.